The summed E-state index contributed by atoms with van der Waals surface area (Å²) in [5.74, 6) is 0. The second kappa shape index (κ2) is 13.7. The highest BCUT2D eigenvalue weighted by Crippen LogP contribution is 2.45. The number of nitrogens with zero attached hydrogens (tertiary/aromatic N) is 3. The fourth-order valence-electron chi connectivity index (χ4n) is 7.76. The first-order valence-corrected chi connectivity index (χ1v) is 20.4. The van der Waals surface area contributed by atoms with Gasteiger partial charge in [0.2, 0.25) is 0 Å². The van der Waals surface area contributed by atoms with Gasteiger partial charge in [-0.15, -0.1) is 11.3 Å². The molecular formula is C42H31B4N3S3. The molecule has 0 amide bonds. The number of hydrogen-bond donors (Lipinski definition) is 0. The van der Waals surface area contributed by atoms with Crippen LogP contribution in [0.4, 0.5) is 11.4 Å². The molecule has 0 bridgehead atoms. The van der Waals surface area contributed by atoms with Crippen LogP contribution < -0.4 is 26.0 Å². The standard InChI is InChI=1S/C42H31B4N3S3/c1-5-18-33(19-6-1)43-47(36-23-9-3-10-24-36)46-49(48(43)37-25-11-4-12-26-37)44(51-45(52-46)34-20-7-2-8-21-34)35-22-15-17-32(31-35)38-28-16-29-40-39-27-13-14-30-41(39)50-42(38)40/h1-31H. The lowest BCUT2D eigenvalue weighted by molar-refractivity contribution is 0.741. The van der Waals surface area contributed by atoms with Gasteiger partial charge in [-0.25, -0.2) is 11.5 Å². The maximum Gasteiger partial charge on any atom is 0.413 e. The average Bonchev–Trinajstić information content (AvgIpc) is 3.78. The molecule has 10 rings (SSSR count). The number of fused-ring (bicyclic) bond motifs is 4. The van der Waals surface area contributed by atoms with Gasteiger partial charge in [0.15, 0.2) is 0 Å². The Labute approximate surface area is 318 Å². The highest BCUT2D eigenvalue weighted by Gasteiger charge is 2.60. The first-order valence-electron chi connectivity index (χ1n) is 17.7. The second-order valence-corrected chi connectivity index (χ2v) is 16.9. The molecule has 2 fully saturated rings. The van der Waals surface area contributed by atoms with Gasteiger partial charge in [-0.1, -0.05) is 169 Å². The van der Waals surface area contributed by atoms with Crippen molar-refractivity contribution in [2.75, 3.05) is 9.64 Å². The van der Waals surface area contributed by atoms with E-state index in [1.54, 1.807) is 0 Å². The summed E-state index contributed by atoms with van der Waals surface area (Å²) in [6, 6.07) is 69.0. The molecule has 3 nitrogen and oxygen atoms in total. The predicted octanol–water partition coefficient (Wildman–Crippen LogP) is 8.92. The van der Waals surface area contributed by atoms with Crippen molar-refractivity contribution < 1.29 is 0 Å². The fraction of sp³-hybridized carbons (Fsp3) is 0. The Morgan fingerprint density at radius 3 is 1.81 bits per heavy atom. The Kier molecular flexibility index (Phi) is 8.41. The van der Waals surface area contributed by atoms with E-state index in [0.717, 1.165) is 0 Å². The van der Waals surface area contributed by atoms with Crippen LogP contribution in [-0.4, -0.2) is 29.5 Å². The van der Waals surface area contributed by atoms with Crippen LogP contribution in [0, 0.1) is 0 Å². The summed E-state index contributed by atoms with van der Waals surface area (Å²) in [6.07, 6.45) is 0.0390. The van der Waals surface area contributed by atoms with Gasteiger partial charge in [0.05, 0.1) is 0 Å². The van der Waals surface area contributed by atoms with E-state index >= 15 is 0 Å². The molecule has 7 aromatic carbocycles. The van der Waals surface area contributed by atoms with Gasteiger partial charge in [-0.05, 0) is 46.9 Å². The maximum atomic E-state index is 2.66. The highest BCUT2D eigenvalue weighted by molar-refractivity contribution is 8.73. The molecule has 52 heavy (non-hydrogen) atoms. The number of rotatable bonds is 6. The number of hydrazine groups is 1. The molecule has 3 heterocycles. The Balaban J connectivity index is 1.18. The number of anilines is 2. The van der Waals surface area contributed by atoms with Crippen molar-refractivity contribution in [2.24, 2.45) is 0 Å². The number of para-hydroxylation sites is 2. The molecule has 0 atom stereocenters. The summed E-state index contributed by atoms with van der Waals surface area (Å²) in [4.78, 5) is 5.23. The topological polar surface area (TPSA) is 9.72 Å². The summed E-state index contributed by atoms with van der Waals surface area (Å²) < 4.78 is 5.31. The minimum atomic E-state index is -0.0587. The third-order valence-electron chi connectivity index (χ3n) is 10.1. The molecule has 10 heteroatoms. The molecule has 244 valence electrons. The van der Waals surface area contributed by atoms with Crippen molar-refractivity contribution in [1.29, 1.82) is 0 Å². The van der Waals surface area contributed by atoms with Gasteiger partial charge in [0.25, 0.3) is 5.27 Å². The molecule has 0 spiro atoms. The summed E-state index contributed by atoms with van der Waals surface area (Å²) >= 11 is 5.97. The van der Waals surface area contributed by atoms with Gasteiger partial charge in [-0.3, -0.25) is 4.83 Å². The van der Waals surface area contributed by atoms with Crippen molar-refractivity contribution in [2.45, 2.75) is 0 Å². The second-order valence-electron chi connectivity index (χ2n) is 13.2. The number of thiophene rings is 1. The summed E-state index contributed by atoms with van der Waals surface area (Å²) in [5, 5.41) is 2.88. The van der Waals surface area contributed by atoms with Crippen LogP contribution in [0.15, 0.2) is 188 Å². The normalized spacial score (nSPS) is 14.8. The van der Waals surface area contributed by atoms with Crippen LogP contribution in [0.1, 0.15) is 0 Å². The Hall–Kier alpha value is -4.72. The van der Waals surface area contributed by atoms with E-state index in [-0.39, 0.29) is 24.6 Å². The van der Waals surface area contributed by atoms with E-state index in [9.17, 15) is 0 Å². The number of benzene rings is 7. The van der Waals surface area contributed by atoms with Gasteiger partial charge in [0, 0.05) is 31.5 Å². The molecule has 0 radical (unpaired) electrons. The molecule has 0 aliphatic carbocycles. The van der Waals surface area contributed by atoms with Crippen LogP contribution in [0.25, 0.3) is 31.3 Å². The van der Waals surface area contributed by atoms with Gasteiger partial charge in [0.1, 0.15) is 0 Å². The Morgan fingerprint density at radius 1 is 0.462 bits per heavy atom. The van der Waals surface area contributed by atoms with E-state index < -0.39 is 0 Å². The van der Waals surface area contributed by atoms with Gasteiger partial charge in [-0.2, -0.15) is 11.5 Å². The smallest absolute Gasteiger partial charge is 0.413 e. The molecular weight excluding hydrogens is 686 g/mol. The van der Waals surface area contributed by atoms with E-state index in [4.69, 9.17) is 0 Å². The quantitative estimate of drug-likeness (QED) is 0.159. The third kappa shape index (κ3) is 5.57. The zero-order chi connectivity index (χ0) is 34.4. The SMILES string of the molecule is c1ccc(B2SB(c3cccc(-c4cccc5c4sc4ccccc45)c3)N3B(S2)N(c2ccccc2)B(c2ccccc2)N3c2ccccc2)cc1. The molecule has 0 N–H and O–H groups in total. The van der Waals surface area contributed by atoms with Crippen molar-refractivity contribution >= 4 is 107 Å². The molecule has 8 aromatic rings. The molecule has 2 saturated heterocycles. The van der Waals surface area contributed by atoms with Crippen LogP contribution in [0.3, 0.4) is 0 Å². The van der Waals surface area contributed by atoms with E-state index in [1.165, 1.54) is 59.1 Å². The van der Waals surface area contributed by atoms with E-state index in [0.29, 0.717) is 0 Å². The first-order chi connectivity index (χ1) is 25.8. The van der Waals surface area contributed by atoms with Crippen LogP contribution >= 0.6 is 34.3 Å². The largest absolute Gasteiger partial charge is 0.414 e. The lowest BCUT2D eigenvalue weighted by Gasteiger charge is -2.42. The lowest BCUT2D eigenvalue weighted by Crippen LogP contribution is -2.63. The van der Waals surface area contributed by atoms with Crippen LogP contribution in [-0.2, 0) is 0 Å². The lowest BCUT2D eigenvalue weighted by atomic mass is 9.63. The molecule has 0 unspecified atom stereocenters. The zero-order valence-electron chi connectivity index (χ0n) is 28.3. The highest BCUT2D eigenvalue weighted by atomic mass is 32.2. The maximum absolute atomic E-state index is 2.66. The molecule has 2 aliphatic rings. The van der Waals surface area contributed by atoms with Gasteiger partial charge >= 0.3 is 19.4 Å². The Morgan fingerprint density at radius 2 is 1.06 bits per heavy atom. The van der Waals surface area contributed by atoms with Crippen LogP contribution in [0.5, 0.6) is 0 Å². The van der Waals surface area contributed by atoms with E-state index in [2.05, 4.69) is 203 Å². The molecule has 1 aromatic heterocycles. The Bertz CT molecular complexity index is 2490. The van der Waals surface area contributed by atoms with E-state index in [1.807, 2.05) is 34.3 Å². The van der Waals surface area contributed by atoms with Crippen molar-refractivity contribution in [3.8, 4) is 11.1 Å². The average molecular weight is 717 g/mol. The third-order valence-corrected chi connectivity index (χ3v) is 14.4. The van der Waals surface area contributed by atoms with Crippen molar-refractivity contribution in [1.82, 2.24) is 4.83 Å². The minimum Gasteiger partial charge on any atom is -0.414 e. The summed E-state index contributed by atoms with van der Waals surface area (Å²) in [6.45, 7) is -0.0587. The van der Waals surface area contributed by atoms with Crippen molar-refractivity contribution in [3.05, 3.63) is 188 Å². The predicted molar refractivity (Wildman–Crippen MR) is 234 cm³/mol. The summed E-state index contributed by atoms with van der Waals surface area (Å²) in [5.41, 5.74) is 8.84. The monoisotopic (exact) mass is 717 g/mol. The fourth-order valence-corrected chi connectivity index (χ4v) is 12.4. The first kappa shape index (κ1) is 32.0. The summed E-state index contributed by atoms with van der Waals surface area (Å²) in [7, 11) is 0. The molecule has 0 saturated carbocycles. The van der Waals surface area contributed by atoms with Crippen molar-refractivity contribution in [3.63, 3.8) is 0 Å². The van der Waals surface area contributed by atoms with Gasteiger partial charge < -0.3 is 9.64 Å². The van der Waals surface area contributed by atoms with Crippen LogP contribution in [0.2, 0.25) is 0 Å². The zero-order valence-corrected chi connectivity index (χ0v) is 30.7. The molecule has 2 aliphatic heterocycles. The number of hydrogen-bond acceptors (Lipinski definition) is 6. The minimum absolute atomic E-state index is 0.0129.